The number of carbonyl (C=O) groups is 1. The zero-order chi connectivity index (χ0) is 15.1. The highest BCUT2D eigenvalue weighted by molar-refractivity contribution is 5.78. The van der Waals surface area contributed by atoms with Gasteiger partial charge in [-0.15, -0.1) is 0 Å². The summed E-state index contributed by atoms with van der Waals surface area (Å²) in [5.74, 6) is 0.175. The summed E-state index contributed by atoms with van der Waals surface area (Å²) >= 11 is 0. The lowest BCUT2D eigenvalue weighted by atomic mass is 9.97. The van der Waals surface area contributed by atoms with Crippen molar-refractivity contribution in [1.29, 1.82) is 0 Å². The van der Waals surface area contributed by atoms with E-state index in [1.807, 2.05) is 50.2 Å². The molecule has 0 aromatic heterocycles. The normalized spacial score (nSPS) is 13.4. The van der Waals surface area contributed by atoms with Gasteiger partial charge in [0.25, 0.3) is 0 Å². The van der Waals surface area contributed by atoms with Crippen molar-refractivity contribution in [1.82, 2.24) is 5.32 Å². The van der Waals surface area contributed by atoms with Gasteiger partial charge in [-0.1, -0.05) is 74.5 Å². The number of amides is 1. The molecule has 1 N–H and O–H groups in total. The monoisotopic (exact) mass is 281 g/mol. The predicted octanol–water partition coefficient (Wildman–Crippen LogP) is 4.13. The van der Waals surface area contributed by atoms with Gasteiger partial charge in [0.05, 0.1) is 6.04 Å². The Morgan fingerprint density at radius 2 is 1.57 bits per heavy atom. The van der Waals surface area contributed by atoms with Crippen LogP contribution >= 0.6 is 0 Å². The molecular weight excluding hydrogens is 258 g/mol. The standard InChI is InChI=1S/C19H23NO/c1-3-15(2)19(21)20-18(17-12-8-5-9-13-17)14-16-10-6-4-7-11-16/h4-13,15,18H,3,14H2,1-2H3,(H,20,21). The maximum Gasteiger partial charge on any atom is 0.223 e. The molecule has 0 spiro atoms. The van der Waals surface area contributed by atoms with E-state index in [4.69, 9.17) is 0 Å². The number of rotatable bonds is 6. The second-order valence-corrected chi connectivity index (χ2v) is 5.47. The maximum absolute atomic E-state index is 12.2. The van der Waals surface area contributed by atoms with Gasteiger partial charge in [0.2, 0.25) is 5.91 Å². The van der Waals surface area contributed by atoms with Gasteiger partial charge < -0.3 is 5.32 Å². The van der Waals surface area contributed by atoms with Crippen LogP contribution in [-0.2, 0) is 11.2 Å². The maximum atomic E-state index is 12.2. The topological polar surface area (TPSA) is 29.1 Å². The van der Waals surface area contributed by atoms with Crippen LogP contribution in [-0.4, -0.2) is 5.91 Å². The zero-order valence-electron chi connectivity index (χ0n) is 12.8. The lowest BCUT2D eigenvalue weighted by Gasteiger charge is -2.21. The molecule has 2 rings (SSSR count). The van der Waals surface area contributed by atoms with Crippen LogP contribution in [0.3, 0.4) is 0 Å². The van der Waals surface area contributed by atoms with Gasteiger partial charge in [-0.2, -0.15) is 0 Å². The molecule has 0 aliphatic rings. The lowest BCUT2D eigenvalue weighted by Crippen LogP contribution is -2.33. The van der Waals surface area contributed by atoms with Crippen molar-refractivity contribution in [2.24, 2.45) is 5.92 Å². The Kier molecular flexibility index (Phi) is 5.56. The van der Waals surface area contributed by atoms with E-state index in [-0.39, 0.29) is 17.9 Å². The molecule has 0 bridgehead atoms. The Morgan fingerprint density at radius 1 is 1.00 bits per heavy atom. The summed E-state index contributed by atoms with van der Waals surface area (Å²) in [6.07, 6.45) is 1.67. The molecule has 2 heteroatoms. The molecule has 21 heavy (non-hydrogen) atoms. The van der Waals surface area contributed by atoms with Crippen LogP contribution in [0.1, 0.15) is 37.4 Å². The largest absolute Gasteiger partial charge is 0.349 e. The summed E-state index contributed by atoms with van der Waals surface area (Å²) in [5.41, 5.74) is 2.38. The van der Waals surface area contributed by atoms with Gasteiger partial charge in [0, 0.05) is 5.92 Å². The highest BCUT2D eigenvalue weighted by Crippen LogP contribution is 2.19. The lowest BCUT2D eigenvalue weighted by molar-refractivity contribution is -0.125. The second-order valence-electron chi connectivity index (χ2n) is 5.47. The van der Waals surface area contributed by atoms with Crippen molar-refractivity contribution >= 4 is 5.91 Å². The average Bonchev–Trinajstić information content (AvgIpc) is 2.55. The van der Waals surface area contributed by atoms with Crippen LogP contribution in [0.25, 0.3) is 0 Å². The summed E-state index contributed by atoms with van der Waals surface area (Å²) in [4.78, 5) is 12.2. The molecule has 0 saturated carbocycles. The van der Waals surface area contributed by atoms with Gasteiger partial charge >= 0.3 is 0 Å². The highest BCUT2D eigenvalue weighted by atomic mass is 16.1. The number of benzene rings is 2. The highest BCUT2D eigenvalue weighted by Gasteiger charge is 2.18. The van der Waals surface area contributed by atoms with Crippen LogP contribution in [0.2, 0.25) is 0 Å². The minimum Gasteiger partial charge on any atom is -0.349 e. The molecule has 2 aromatic rings. The molecular formula is C19H23NO. The Bertz CT molecular complexity index is 550. The molecule has 0 aliphatic carbocycles. The minimum atomic E-state index is 0.0232. The summed E-state index contributed by atoms with van der Waals surface area (Å²) < 4.78 is 0. The van der Waals surface area contributed by atoms with Crippen LogP contribution in [0.15, 0.2) is 60.7 Å². The van der Waals surface area contributed by atoms with Crippen molar-refractivity contribution in [3.05, 3.63) is 71.8 Å². The molecule has 0 heterocycles. The first-order valence-electron chi connectivity index (χ1n) is 7.60. The number of carbonyl (C=O) groups excluding carboxylic acids is 1. The van der Waals surface area contributed by atoms with E-state index in [1.54, 1.807) is 0 Å². The minimum absolute atomic E-state index is 0.0232. The first-order valence-corrected chi connectivity index (χ1v) is 7.60. The van der Waals surface area contributed by atoms with Crippen molar-refractivity contribution in [3.63, 3.8) is 0 Å². The first kappa shape index (κ1) is 15.3. The van der Waals surface area contributed by atoms with Crippen LogP contribution in [0.5, 0.6) is 0 Å². The fraction of sp³-hybridized carbons (Fsp3) is 0.316. The number of hydrogen-bond donors (Lipinski definition) is 1. The van der Waals surface area contributed by atoms with E-state index in [2.05, 4.69) is 29.6 Å². The average molecular weight is 281 g/mol. The van der Waals surface area contributed by atoms with E-state index >= 15 is 0 Å². The molecule has 2 unspecified atom stereocenters. The van der Waals surface area contributed by atoms with Crippen LogP contribution < -0.4 is 5.32 Å². The Balaban J connectivity index is 2.17. The van der Waals surface area contributed by atoms with Gasteiger partial charge in [0.1, 0.15) is 0 Å². The molecule has 0 saturated heterocycles. The molecule has 2 nitrogen and oxygen atoms in total. The summed E-state index contributed by atoms with van der Waals surface area (Å²) in [7, 11) is 0. The predicted molar refractivity (Wildman–Crippen MR) is 86.9 cm³/mol. The van der Waals surface area contributed by atoms with E-state index in [1.165, 1.54) is 5.56 Å². The molecule has 2 aromatic carbocycles. The summed E-state index contributed by atoms with van der Waals surface area (Å²) in [6, 6.07) is 20.5. The zero-order valence-corrected chi connectivity index (χ0v) is 12.8. The summed E-state index contributed by atoms with van der Waals surface area (Å²) in [6.45, 7) is 4.01. The van der Waals surface area contributed by atoms with Crippen molar-refractivity contribution in [2.45, 2.75) is 32.7 Å². The second kappa shape index (κ2) is 7.63. The molecule has 0 fully saturated rings. The van der Waals surface area contributed by atoms with E-state index in [0.29, 0.717) is 0 Å². The fourth-order valence-electron chi connectivity index (χ4n) is 2.29. The molecule has 0 radical (unpaired) electrons. The summed E-state index contributed by atoms with van der Waals surface area (Å²) in [5, 5.41) is 3.19. The molecule has 0 aliphatic heterocycles. The van der Waals surface area contributed by atoms with Crippen molar-refractivity contribution in [3.8, 4) is 0 Å². The third kappa shape index (κ3) is 4.45. The van der Waals surface area contributed by atoms with Gasteiger partial charge in [0.15, 0.2) is 0 Å². The van der Waals surface area contributed by atoms with Crippen LogP contribution in [0, 0.1) is 5.92 Å². The molecule has 1 amide bonds. The number of hydrogen-bond acceptors (Lipinski definition) is 1. The molecule has 110 valence electrons. The third-order valence-corrected chi connectivity index (χ3v) is 3.86. The van der Waals surface area contributed by atoms with Gasteiger partial charge in [-0.05, 0) is 24.0 Å². The van der Waals surface area contributed by atoms with Crippen molar-refractivity contribution < 1.29 is 4.79 Å². The Labute approximate surface area is 127 Å². The SMILES string of the molecule is CCC(C)C(=O)NC(Cc1ccccc1)c1ccccc1. The number of nitrogens with one attached hydrogen (secondary N) is 1. The van der Waals surface area contributed by atoms with Gasteiger partial charge in [-0.25, -0.2) is 0 Å². The Morgan fingerprint density at radius 3 is 2.14 bits per heavy atom. The van der Waals surface area contributed by atoms with E-state index in [0.717, 1.165) is 18.4 Å². The Hall–Kier alpha value is -2.09. The quantitative estimate of drug-likeness (QED) is 0.847. The fourth-order valence-corrected chi connectivity index (χ4v) is 2.29. The molecule has 2 atom stereocenters. The van der Waals surface area contributed by atoms with E-state index in [9.17, 15) is 4.79 Å². The smallest absolute Gasteiger partial charge is 0.223 e. The third-order valence-electron chi connectivity index (χ3n) is 3.86. The van der Waals surface area contributed by atoms with Gasteiger partial charge in [-0.3, -0.25) is 4.79 Å². The first-order chi connectivity index (χ1) is 10.2. The van der Waals surface area contributed by atoms with E-state index < -0.39 is 0 Å². The van der Waals surface area contributed by atoms with Crippen molar-refractivity contribution in [2.75, 3.05) is 0 Å². The van der Waals surface area contributed by atoms with Crippen LogP contribution in [0.4, 0.5) is 0 Å².